The lowest BCUT2D eigenvalue weighted by molar-refractivity contribution is -0.125. The molecule has 1 atom stereocenters. The summed E-state index contributed by atoms with van der Waals surface area (Å²) >= 11 is 11.8. The summed E-state index contributed by atoms with van der Waals surface area (Å²) in [4.78, 5) is 12.1. The molecule has 1 N–H and O–H groups in total. The van der Waals surface area contributed by atoms with Crippen molar-refractivity contribution in [1.82, 2.24) is 5.32 Å². The van der Waals surface area contributed by atoms with E-state index in [0.29, 0.717) is 6.42 Å². The second-order valence-electron chi connectivity index (χ2n) is 5.10. The molecule has 1 fully saturated rings. The summed E-state index contributed by atoms with van der Waals surface area (Å²) in [5, 5.41) is 2.58. The van der Waals surface area contributed by atoms with Crippen LogP contribution in [0, 0.1) is 5.41 Å². The number of sulfone groups is 1. The van der Waals surface area contributed by atoms with E-state index in [1.807, 2.05) is 0 Å². The standard InChI is InChI=1S/C13H15Cl2NO3S/c1-12(9-13(12,14)15)11(17)16-7-8-20(18,19)10-5-3-2-4-6-10/h2-6H,7-9H2,1H3,(H,16,17)/t12-/m1/s1. The van der Waals surface area contributed by atoms with Crippen LogP contribution in [-0.4, -0.2) is 31.0 Å². The fourth-order valence-electron chi connectivity index (χ4n) is 1.89. The Morgan fingerprint density at radius 1 is 1.30 bits per heavy atom. The van der Waals surface area contributed by atoms with Gasteiger partial charge in [0, 0.05) is 6.54 Å². The Morgan fingerprint density at radius 3 is 2.35 bits per heavy atom. The molecule has 0 saturated heterocycles. The number of carbonyl (C=O) groups excluding carboxylic acids is 1. The highest BCUT2D eigenvalue weighted by Gasteiger charge is 2.67. The molecule has 20 heavy (non-hydrogen) atoms. The Bertz CT molecular complexity index is 616. The summed E-state index contributed by atoms with van der Waals surface area (Å²) in [6, 6.07) is 8.12. The number of hydrogen-bond acceptors (Lipinski definition) is 3. The lowest BCUT2D eigenvalue weighted by Gasteiger charge is -2.12. The Balaban J connectivity index is 1.90. The molecular weight excluding hydrogens is 321 g/mol. The Morgan fingerprint density at radius 2 is 1.85 bits per heavy atom. The number of benzene rings is 1. The third-order valence-corrected chi connectivity index (χ3v) is 6.35. The zero-order valence-electron chi connectivity index (χ0n) is 10.9. The SMILES string of the molecule is C[C@]1(C(=O)NCCS(=O)(=O)c2ccccc2)CC1(Cl)Cl. The summed E-state index contributed by atoms with van der Waals surface area (Å²) in [5.41, 5.74) is -0.827. The molecule has 0 radical (unpaired) electrons. The molecule has 0 aromatic heterocycles. The number of halogens is 2. The smallest absolute Gasteiger partial charge is 0.229 e. The second kappa shape index (κ2) is 5.20. The number of hydrogen-bond donors (Lipinski definition) is 1. The van der Waals surface area contributed by atoms with Crippen molar-refractivity contribution in [2.45, 2.75) is 22.6 Å². The Kier molecular flexibility index (Phi) is 4.06. The molecule has 1 amide bonds. The number of rotatable bonds is 5. The van der Waals surface area contributed by atoms with Gasteiger partial charge in [-0.2, -0.15) is 0 Å². The second-order valence-corrected chi connectivity index (χ2v) is 8.69. The van der Waals surface area contributed by atoms with Crippen LogP contribution in [0.2, 0.25) is 0 Å². The highest BCUT2D eigenvalue weighted by molar-refractivity contribution is 7.91. The van der Waals surface area contributed by atoms with Crippen molar-refractivity contribution in [1.29, 1.82) is 0 Å². The first-order valence-corrected chi connectivity index (χ1v) is 8.54. The predicted molar refractivity (Wildman–Crippen MR) is 78.7 cm³/mol. The molecule has 2 rings (SSSR count). The summed E-state index contributed by atoms with van der Waals surface area (Å²) < 4.78 is 23.0. The molecule has 1 saturated carbocycles. The van der Waals surface area contributed by atoms with E-state index >= 15 is 0 Å². The van der Waals surface area contributed by atoms with Gasteiger partial charge in [-0.1, -0.05) is 18.2 Å². The number of carbonyl (C=O) groups is 1. The van der Waals surface area contributed by atoms with Crippen LogP contribution in [0.25, 0.3) is 0 Å². The van der Waals surface area contributed by atoms with Gasteiger partial charge in [-0.3, -0.25) is 4.79 Å². The van der Waals surface area contributed by atoms with Crippen molar-refractivity contribution < 1.29 is 13.2 Å². The summed E-state index contributed by atoms with van der Waals surface area (Å²) in [7, 11) is -3.39. The zero-order chi connectivity index (χ0) is 15.0. The number of alkyl halides is 2. The topological polar surface area (TPSA) is 63.2 Å². The van der Waals surface area contributed by atoms with Crippen LogP contribution in [-0.2, 0) is 14.6 Å². The molecule has 0 unspecified atom stereocenters. The van der Waals surface area contributed by atoms with E-state index in [4.69, 9.17) is 23.2 Å². The van der Waals surface area contributed by atoms with Gasteiger partial charge in [0.05, 0.1) is 16.1 Å². The van der Waals surface area contributed by atoms with Gasteiger partial charge in [0.2, 0.25) is 5.91 Å². The predicted octanol–water partition coefficient (Wildman–Crippen LogP) is 2.16. The first-order chi connectivity index (χ1) is 9.19. The first-order valence-electron chi connectivity index (χ1n) is 6.13. The minimum atomic E-state index is -3.39. The quantitative estimate of drug-likeness (QED) is 0.838. The van der Waals surface area contributed by atoms with Gasteiger partial charge in [-0.15, -0.1) is 23.2 Å². The fraction of sp³-hybridized carbons (Fsp3) is 0.462. The van der Waals surface area contributed by atoms with Crippen LogP contribution >= 0.6 is 23.2 Å². The average Bonchev–Trinajstić information content (AvgIpc) is 2.91. The van der Waals surface area contributed by atoms with Crippen molar-refractivity contribution >= 4 is 38.9 Å². The van der Waals surface area contributed by atoms with Crippen LogP contribution in [0.1, 0.15) is 13.3 Å². The van der Waals surface area contributed by atoms with Crippen LogP contribution in [0.4, 0.5) is 0 Å². The normalized spacial score (nSPS) is 24.1. The summed E-state index contributed by atoms with van der Waals surface area (Å²) in [6.45, 7) is 1.70. The van der Waals surface area contributed by atoms with Gasteiger partial charge in [-0.25, -0.2) is 8.42 Å². The summed E-state index contributed by atoms with van der Waals surface area (Å²) in [5.74, 6) is -0.470. The molecular formula is C13H15Cl2NO3S. The van der Waals surface area contributed by atoms with Gasteiger partial charge < -0.3 is 5.32 Å². The lowest BCUT2D eigenvalue weighted by Crippen LogP contribution is -2.36. The maximum Gasteiger partial charge on any atom is 0.229 e. The zero-order valence-corrected chi connectivity index (χ0v) is 13.2. The first kappa shape index (κ1) is 15.6. The van der Waals surface area contributed by atoms with E-state index in [1.54, 1.807) is 25.1 Å². The van der Waals surface area contributed by atoms with Gasteiger partial charge in [0.25, 0.3) is 0 Å². The third kappa shape index (κ3) is 2.95. The van der Waals surface area contributed by atoms with Crippen LogP contribution in [0.5, 0.6) is 0 Å². The van der Waals surface area contributed by atoms with E-state index in [1.165, 1.54) is 12.1 Å². The minimum Gasteiger partial charge on any atom is -0.354 e. The fourth-order valence-corrected chi connectivity index (χ4v) is 3.77. The van der Waals surface area contributed by atoms with Crippen LogP contribution in [0.15, 0.2) is 35.2 Å². The highest BCUT2D eigenvalue weighted by atomic mass is 35.5. The van der Waals surface area contributed by atoms with Crippen LogP contribution < -0.4 is 5.32 Å². The van der Waals surface area contributed by atoms with E-state index in [-0.39, 0.29) is 23.1 Å². The number of amides is 1. The molecule has 1 aromatic rings. The maximum absolute atomic E-state index is 12.0. The minimum absolute atomic E-state index is 0.0372. The van der Waals surface area contributed by atoms with Gasteiger partial charge in [-0.05, 0) is 25.5 Å². The van der Waals surface area contributed by atoms with Crippen molar-refractivity contribution in [3.8, 4) is 0 Å². The van der Waals surface area contributed by atoms with Crippen molar-refractivity contribution in [3.05, 3.63) is 30.3 Å². The average molecular weight is 336 g/mol. The third-order valence-electron chi connectivity index (χ3n) is 3.52. The largest absolute Gasteiger partial charge is 0.354 e. The van der Waals surface area contributed by atoms with Gasteiger partial charge in [0.1, 0.15) is 4.33 Å². The molecule has 0 aliphatic heterocycles. The molecule has 7 heteroatoms. The number of nitrogens with one attached hydrogen (secondary N) is 1. The molecule has 0 heterocycles. The van der Waals surface area contributed by atoms with Crippen molar-refractivity contribution in [2.75, 3.05) is 12.3 Å². The molecule has 1 aliphatic carbocycles. The highest BCUT2D eigenvalue weighted by Crippen LogP contribution is 2.63. The van der Waals surface area contributed by atoms with E-state index in [2.05, 4.69) is 5.32 Å². The molecule has 0 spiro atoms. The monoisotopic (exact) mass is 335 g/mol. The van der Waals surface area contributed by atoms with E-state index in [9.17, 15) is 13.2 Å². The Hall–Kier alpha value is -0.780. The van der Waals surface area contributed by atoms with Crippen LogP contribution in [0.3, 0.4) is 0 Å². The van der Waals surface area contributed by atoms with Gasteiger partial charge in [0.15, 0.2) is 9.84 Å². The Labute approximate surface area is 128 Å². The van der Waals surface area contributed by atoms with E-state index < -0.39 is 19.6 Å². The molecule has 0 bridgehead atoms. The molecule has 110 valence electrons. The van der Waals surface area contributed by atoms with E-state index in [0.717, 1.165) is 0 Å². The summed E-state index contributed by atoms with van der Waals surface area (Å²) in [6.07, 6.45) is 0.375. The molecule has 1 aromatic carbocycles. The molecule has 4 nitrogen and oxygen atoms in total. The van der Waals surface area contributed by atoms with Gasteiger partial charge >= 0.3 is 0 Å². The molecule has 1 aliphatic rings. The lowest BCUT2D eigenvalue weighted by atomic mass is 10.1. The maximum atomic E-state index is 12.0. The van der Waals surface area contributed by atoms with Crippen molar-refractivity contribution in [3.63, 3.8) is 0 Å². The van der Waals surface area contributed by atoms with Crippen molar-refractivity contribution in [2.24, 2.45) is 5.41 Å².